The summed E-state index contributed by atoms with van der Waals surface area (Å²) >= 11 is 0. The molecule has 0 bridgehead atoms. The molecule has 0 unspecified atom stereocenters. The lowest BCUT2D eigenvalue weighted by molar-refractivity contribution is -0.119. The zero-order valence-corrected chi connectivity index (χ0v) is 11.1. The monoisotopic (exact) mass is 234 g/mol. The molecule has 1 atom stereocenters. The van der Waals surface area contributed by atoms with Crippen molar-refractivity contribution >= 4 is 11.6 Å². The number of aryl methyl sites for hydroxylation is 1. The summed E-state index contributed by atoms with van der Waals surface area (Å²) in [6.07, 6.45) is 0.717. The molecule has 3 heteroatoms. The first-order chi connectivity index (χ1) is 7.91. The van der Waals surface area contributed by atoms with Crippen molar-refractivity contribution in [1.82, 2.24) is 0 Å². The number of amides is 1. The summed E-state index contributed by atoms with van der Waals surface area (Å²) in [6.45, 7) is 6.16. The van der Waals surface area contributed by atoms with E-state index < -0.39 is 6.04 Å². The second kappa shape index (κ2) is 5.82. The number of likely N-dealkylation sites (N-methyl/N-ethyl adjacent to an activating group) is 1. The topological polar surface area (TPSA) is 46.3 Å². The van der Waals surface area contributed by atoms with Crippen molar-refractivity contribution in [2.45, 2.75) is 33.2 Å². The third kappa shape index (κ3) is 3.86. The highest BCUT2D eigenvalue weighted by Crippen LogP contribution is 2.15. The van der Waals surface area contributed by atoms with Gasteiger partial charge >= 0.3 is 0 Å². The molecule has 3 nitrogen and oxygen atoms in total. The Hall–Kier alpha value is -1.35. The molecule has 0 fully saturated rings. The largest absolute Gasteiger partial charge is 0.320 e. The maximum atomic E-state index is 12.1. The van der Waals surface area contributed by atoms with Crippen molar-refractivity contribution in [3.8, 4) is 0 Å². The Labute approximate surface area is 104 Å². The van der Waals surface area contributed by atoms with Crippen LogP contribution in [0, 0.1) is 12.8 Å². The molecule has 0 saturated heterocycles. The molecule has 0 radical (unpaired) electrons. The van der Waals surface area contributed by atoms with Gasteiger partial charge in [0, 0.05) is 12.7 Å². The summed E-state index contributed by atoms with van der Waals surface area (Å²) < 4.78 is 0. The molecule has 0 aliphatic carbocycles. The van der Waals surface area contributed by atoms with Crippen LogP contribution < -0.4 is 10.6 Å². The summed E-state index contributed by atoms with van der Waals surface area (Å²) in [6, 6.07) is 7.45. The van der Waals surface area contributed by atoms with E-state index in [2.05, 4.69) is 13.8 Å². The van der Waals surface area contributed by atoms with Crippen molar-refractivity contribution in [2.24, 2.45) is 11.7 Å². The number of hydrogen-bond donors (Lipinski definition) is 1. The van der Waals surface area contributed by atoms with Crippen LogP contribution in [0.1, 0.15) is 25.8 Å². The number of benzene rings is 1. The van der Waals surface area contributed by atoms with Crippen LogP contribution in [-0.4, -0.2) is 19.0 Å². The fraction of sp³-hybridized carbons (Fsp3) is 0.500. The molecule has 0 aromatic heterocycles. The number of hydrogen-bond acceptors (Lipinski definition) is 2. The number of carbonyl (C=O) groups excluding carboxylic acids is 1. The summed E-state index contributed by atoms with van der Waals surface area (Å²) in [7, 11) is 1.77. The van der Waals surface area contributed by atoms with Gasteiger partial charge in [-0.25, -0.2) is 0 Å². The second-order valence-electron chi connectivity index (χ2n) is 4.97. The zero-order valence-electron chi connectivity index (χ0n) is 11.1. The fourth-order valence-corrected chi connectivity index (χ4v) is 1.75. The lowest BCUT2D eigenvalue weighted by atomic mass is 10.0. The molecule has 94 valence electrons. The molecule has 0 spiro atoms. The van der Waals surface area contributed by atoms with Crippen molar-refractivity contribution < 1.29 is 4.79 Å². The predicted octanol–water partition coefficient (Wildman–Crippen LogP) is 2.33. The van der Waals surface area contributed by atoms with E-state index in [1.165, 1.54) is 5.56 Å². The molecule has 17 heavy (non-hydrogen) atoms. The molecule has 0 aliphatic heterocycles. The van der Waals surface area contributed by atoms with Gasteiger partial charge in [0.05, 0.1) is 6.04 Å². The normalized spacial score (nSPS) is 12.6. The number of nitrogens with zero attached hydrogens (tertiary/aromatic N) is 1. The highest BCUT2D eigenvalue weighted by molar-refractivity contribution is 5.96. The molecule has 1 aromatic rings. The maximum Gasteiger partial charge on any atom is 0.243 e. The van der Waals surface area contributed by atoms with E-state index in [0.717, 1.165) is 12.1 Å². The summed E-state index contributed by atoms with van der Waals surface area (Å²) in [4.78, 5) is 13.7. The van der Waals surface area contributed by atoms with E-state index in [9.17, 15) is 4.79 Å². The molecule has 1 rings (SSSR count). The van der Waals surface area contributed by atoms with Gasteiger partial charge in [0.25, 0.3) is 0 Å². The van der Waals surface area contributed by atoms with Gasteiger partial charge in [-0.05, 0) is 31.4 Å². The minimum absolute atomic E-state index is 0.0254. The van der Waals surface area contributed by atoms with Crippen LogP contribution >= 0.6 is 0 Å². The Morgan fingerprint density at radius 1 is 1.29 bits per heavy atom. The summed E-state index contributed by atoms with van der Waals surface area (Å²) in [5.41, 5.74) is 7.97. The Kier molecular flexibility index (Phi) is 4.70. The minimum atomic E-state index is -0.415. The third-order valence-electron chi connectivity index (χ3n) is 2.79. The van der Waals surface area contributed by atoms with Gasteiger partial charge in [0.15, 0.2) is 0 Å². The second-order valence-corrected chi connectivity index (χ2v) is 4.97. The minimum Gasteiger partial charge on any atom is -0.320 e. The SMILES string of the molecule is Cc1ccc(N(C)C(=O)[C@@H](N)CC(C)C)cc1. The summed E-state index contributed by atoms with van der Waals surface area (Å²) in [5.74, 6) is 0.405. The number of nitrogens with two attached hydrogens (primary N) is 1. The van der Waals surface area contributed by atoms with E-state index in [1.54, 1.807) is 11.9 Å². The lowest BCUT2D eigenvalue weighted by Gasteiger charge is -2.22. The van der Waals surface area contributed by atoms with E-state index in [0.29, 0.717) is 5.92 Å². The van der Waals surface area contributed by atoms with Crippen LogP contribution in [0.3, 0.4) is 0 Å². The molecule has 0 aliphatic rings. The highest BCUT2D eigenvalue weighted by atomic mass is 16.2. The molecular weight excluding hydrogens is 212 g/mol. The maximum absolute atomic E-state index is 12.1. The van der Waals surface area contributed by atoms with Gasteiger partial charge in [0.2, 0.25) is 5.91 Å². The number of anilines is 1. The van der Waals surface area contributed by atoms with E-state index in [4.69, 9.17) is 5.73 Å². The van der Waals surface area contributed by atoms with Crippen molar-refractivity contribution in [2.75, 3.05) is 11.9 Å². The van der Waals surface area contributed by atoms with Crippen LogP contribution in [0.25, 0.3) is 0 Å². The zero-order chi connectivity index (χ0) is 13.0. The van der Waals surface area contributed by atoms with Gasteiger partial charge in [-0.15, -0.1) is 0 Å². The van der Waals surface area contributed by atoms with Crippen LogP contribution in [0.15, 0.2) is 24.3 Å². The highest BCUT2D eigenvalue weighted by Gasteiger charge is 2.19. The smallest absolute Gasteiger partial charge is 0.243 e. The molecule has 0 heterocycles. The van der Waals surface area contributed by atoms with Crippen molar-refractivity contribution in [3.63, 3.8) is 0 Å². The molecule has 1 aromatic carbocycles. The Balaban J connectivity index is 2.72. The quantitative estimate of drug-likeness (QED) is 0.869. The fourth-order valence-electron chi connectivity index (χ4n) is 1.75. The van der Waals surface area contributed by atoms with Gasteiger partial charge < -0.3 is 10.6 Å². The van der Waals surface area contributed by atoms with Gasteiger partial charge in [-0.2, -0.15) is 0 Å². The average Bonchev–Trinajstić information content (AvgIpc) is 2.27. The lowest BCUT2D eigenvalue weighted by Crippen LogP contribution is -2.42. The first-order valence-corrected chi connectivity index (χ1v) is 6.01. The molecular formula is C14H22N2O. The number of carbonyl (C=O) groups is 1. The first-order valence-electron chi connectivity index (χ1n) is 6.01. The van der Waals surface area contributed by atoms with E-state index >= 15 is 0 Å². The molecule has 1 amide bonds. The van der Waals surface area contributed by atoms with E-state index in [-0.39, 0.29) is 5.91 Å². The summed E-state index contributed by atoms with van der Waals surface area (Å²) in [5, 5.41) is 0. The Morgan fingerprint density at radius 2 is 1.82 bits per heavy atom. The third-order valence-corrected chi connectivity index (χ3v) is 2.79. The Bertz CT molecular complexity index is 370. The molecule has 2 N–H and O–H groups in total. The van der Waals surface area contributed by atoms with Crippen LogP contribution in [-0.2, 0) is 4.79 Å². The van der Waals surface area contributed by atoms with Gasteiger partial charge in [-0.1, -0.05) is 31.5 Å². The number of rotatable bonds is 4. The van der Waals surface area contributed by atoms with Gasteiger partial charge in [-0.3, -0.25) is 4.79 Å². The van der Waals surface area contributed by atoms with Crippen LogP contribution in [0.4, 0.5) is 5.69 Å². The van der Waals surface area contributed by atoms with E-state index in [1.807, 2.05) is 31.2 Å². The van der Waals surface area contributed by atoms with Crippen molar-refractivity contribution in [3.05, 3.63) is 29.8 Å². The van der Waals surface area contributed by atoms with Crippen LogP contribution in [0.2, 0.25) is 0 Å². The molecule has 0 saturated carbocycles. The first kappa shape index (κ1) is 13.7. The van der Waals surface area contributed by atoms with Gasteiger partial charge in [0.1, 0.15) is 0 Å². The standard InChI is InChI=1S/C14H22N2O/c1-10(2)9-13(15)14(17)16(4)12-7-5-11(3)6-8-12/h5-8,10,13H,9,15H2,1-4H3/t13-/m0/s1. The predicted molar refractivity (Wildman–Crippen MR) is 72.0 cm³/mol. The Morgan fingerprint density at radius 3 is 2.29 bits per heavy atom. The average molecular weight is 234 g/mol. The van der Waals surface area contributed by atoms with Crippen LogP contribution in [0.5, 0.6) is 0 Å². The van der Waals surface area contributed by atoms with Crippen molar-refractivity contribution in [1.29, 1.82) is 0 Å².